The maximum Gasteiger partial charge on any atom is 0.118 e. The summed E-state index contributed by atoms with van der Waals surface area (Å²) in [6.45, 7) is 0. The van der Waals surface area contributed by atoms with Crippen LogP contribution in [-0.2, 0) is 5.75 Å². The minimum atomic E-state index is -0.945. The predicted octanol–water partition coefficient (Wildman–Crippen LogP) is 5.86. The smallest absolute Gasteiger partial charge is 0.118 e. The molecule has 0 aliphatic rings. The summed E-state index contributed by atoms with van der Waals surface area (Å²) in [5.41, 5.74) is 4.40. The van der Waals surface area contributed by atoms with E-state index in [-0.39, 0.29) is 0 Å². The van der Waals surface area contributed by atoms with Crippen LogP contribution in [0.2, 0.25) is 0 Å². The Balaban J connectivity index is 1.78. The molecule has 0 aromatic heterocycles. The van der Waals surface area contributed by atoms with Crippen molar-refractivity contribution in [2.45, 2.75) is 10.6 Å². The summed E-state index contributed by atoms with van der Waals surface area (Å²) in [6, 6.07) is 27.2. The number of hydrogen-bond acceptors (Lipinski definition) is 2. The lowest BCUT2D eigenvalue weighted by atomic mass is 10.1. The van der Waals surface area contributed by atoms with Crippen molar-refractivity contribution in [2.75, 3.05) is 19.6 Å². The van der Waals surface area contributed by atoms with Crippen molar-refractivity contribution < 1.29 is 4.74 Å². The molecule has 3 heteroatoms. The van der Waals surface area contributed by atoms with Crippen LogP contribution >= 0.6 is 10.0 Å². The number of nitriles is 1. The normalized spacial score (nSPS) is 11.6. The molecule has 3 aromatic carbocycles. The van der Waals surface area contributed by atoms with Gasteiger partial charge in [0.05, 0.1) is 18.7 Å². The number of ether oxygens (including phenoxy) is 1. The van der Waals surface area contributed by atoms with Crippen molar-refractivity contribution in [3.63, 3.8) is 0 Å². The molecule has 0 radical (unpaired) electrons. The Hall–Kier alpha value is -2.70. The highest BCUT2D eigenvalue weighted by atomic mass is 32.3. The van der Waals surface area contributed by atoms with Crippen LogP contribution in [0.5, 0.6) is 5.75 Å². The standard InChI is InChI=1S/C23H23NOS/c1-25-22-12-8-20(9-13-22)21-10-14-23(15-11-21)26(2,3)17-19-6-4-18(16-24)5-7-19/h4-15H,17H2,1-3H3. The molecule has 0 bridgehead atoms. The third-order valence-electron chi connectivity index (χ3n) is 4.53. The molecule has 0 aliphatic carbocycles. The first-order valence-corrected chi connectivity index (χ1v) is 11.1. The monoisotopic (exact) mass is 361 g/mol. The summed E-state index contributed by atoms with van der Waals surface area (Å²) in [4.78, 5) is 1.39. The Labute approximate surface area is 157 Å². The fourth-order valence-corrected chi connectivity index (χ4v) is 5.04. The first-order valence-electron chi connectivity index (χ1n) is 8.46. The van der Waals surface area contributed by atoms with Crippen LogP contribution in [-0.4, -0.2) is 19.6 Å². The molecule has 0 spiro atoms. The van der Waals surface area contributed by atoms with Crippen LogP contribution in [0.4, 0.5) is 0 Å². The summed E-state index contributed by atoms with van der Waals surface area (Å²) < 4.78 is 5.23. The van der Waals surface area contributed by atoms with Crippen LogP contribution in [0.25, 0.3) is 11.1 Å². The van der Waals surface area contributed by atoms with E-state index in [2.05, 4.69) is 67.1 Å². The maximum absolute atomic E-state index is 8.94. The lowest BCUT2D eigenvalue weighted by Crippen LogP contribution is -2.00. The van der Waals surface area contributed by atoms with Crippen LogP contribution in [0.15, 0.2) is 77.7 Å². The summed E-state index contributed by atoms with van der Waals surface area (Å²) in [6.07, 6.45) is 4.68. The van der Waals surface area contributed by atoms with E-state index >= 15 is 0 Å². The summed E-state index contributed by atoms with van der Waals surface area (Å²) >= 11 is 0. The highest BCUT2D eigenvalue weighted by Gasteiger charge is 2.16. The van der Waals surface area contributed by atoms with E-state index in [9.17, 15) is 0 Å². The molecule has 0 unspecified atom stereocenters. The summed E-state index contributed by atoms with van der Waals surface area (Å²) in [5.74, 6) is 1.89. The van der Waals surface area contributed by atoms with Crippen molar-refractivity contribution in [1.29, 1.82) is 5.26 Å². The summed E-state index contributed by atoms with van der Waals surface area (Å²) in [5, 5.41) is 8.94. The van der Waals surface area contributed by atoms with E-state index in [0.717, 1.165) is 11.5 Å². The molecule has 3 rings (SSSR count). The molecule has 0 saturated carbocycles. The maximum atomic E-state index is 8.94. The molecule has 2 nitrogen and oxygen atoms in total. The average molecular weight is 362 g/mol. The number of benzene rings is 3. The van der Waals surface area contributed by atoms with Crippen molar-refractivity contribution in [3.8, 4) is 22.9 Å². The zero-order valence-corrected chi connectivity index (χ0v) is 16.2. The van der Waals surface area contributed by atoms with Crippen LogP contribution in [0.3, 0.4) is 0 Å². The number of rotatable bonds is 5. The topological polar surface area (TPSA) is 33.0 Å². The molecule has 0 saturated heterocycles. The molecule has 0 amide bonds. The number of nitrogens with zero attached hydrogens (tertiary/aromatic N) is 1. The Bertz CT molecular complexity index is 904. The Morgan fingerprint density at radius 3 is 1.85 bits per heavy atom. The molecule has 0 N–H and O–H groups in total. The minimum absolute atomic E-state index is 0.713. The lowest BCUT2D eigenvalue weighted by Gasteiger charge is -2.32. The van der Waals surface area contributed by atoms with Crippen molar-refractivity contribution in [1.82, 2.24) is 0 Å². The van der Waals surface area contributed by atoms with E-state index in [1.165, 1.54) is 21.6 Å². The van der Waals surface area contributed by atoms with Gasteiger partial charge in [-0.05, 0) is 70.5 Å². The zero-order valence-electron chi connectivity index (χ0n) is 15.4. The van der Waals surface area contributed by atoms with Gasteiger partial charge in [-0.25, -0.2) is 10.0 Å². The number of methoxy groups -OCH3 is 1. The Morgan fingerprint density at radius 1 is 0.808 bits per heavy atom. The lowest BCUT2D eigenvalue weighted by molar-refractivity contribution is 0.415. The summed E-state index contributed by atoms with van der Waals surface area (Å²) in [7, 11) is 0.738. The van der Waals surface area contributed by atoms with Gasteiger partial charge in [0.25, 0.3) is 0 Å². The predicted molar refractivity (Wildman–Crippen MR) is 111 cm³/mol. The largest absolute Gasteiger partial charge is 0.497 e. The van der Waals surface area contributed by atoms with Gasteiger partial charge in [-0.1, -0.05) is 36.4 Å². The van der Waals surface area contributed by atoms with Gasteiger partial charge in [0.1, 0.15) is 5.75 Å². The highest BCUT2D eigenvalue weighted by molar-refractivity contribution is 8.32. The SMILES string of the molecule is COc1ccc(-c2ccc(S(C)(C)Cc3ccc(C#N)cc3)cc2)cc1. The van der Waals surface area contributed by atoms with Gasteiger partial charge >= 0.3 is 0 Å². The first kappa shape index (κ1) is 18.1. The van der Waals surface area contributed by atoms with Crippen LogP contribution in [0, 0.1) is 11.3 Å². The van der Waals surface area contributed by atoms with Gasteiger partial charge in [0.2, 0.25) is 0 Å². The van der Waals surface area contributed by atoms with Gasteiger partial charge in [0.15, 0.2) is 0 Å². The zero-order chi connectivity index (χ0) is 18.6. The van der Waals surface area contributed by atoms with Gasteiger partial charge in [-0.15, -0.1) is 0 Å². The molecule has 3 aromatic rings. The molecule has 132 valence electrons. The number of hydrogen-bond donors (Lipinski definition) is 0. The van der Waals surface area contributed by atoms with Gasteiger partial charge in [-0.3, -0.25) is 0 Å². The highest BCUT2D eigenvalue weighted by Crippen LogP contribution is 2.52. The Morgan fingerprint density at radius 2 is 1.35 bits per heavy atom. The fourth-order valence-electron chi connectivity index (χ4n) is 2.97. The average Bonchev–Trinajstić information content (AvgIpc) is 2.68. The van der Waals surface area contributed by atoms with E-state index in [1.54, 1.807) is 7.11 Å². The van der Waals surface area contributed by atoms with E-state index < -0.39 is 10.0 Å². The fraction of sp³-hybridized carbons (Fsp3) is 0.174. The molecule has 26 heavy (non-hydrogen) atoms. The molecule has 0 atom stereocenters. The van der Waals surface area contributed by atoms with Gasteiger partial charge in [-0.2, -0.15) is 5.26 Å². The van der Waals surface area contributed by atoms with Crippen LogP contribution < -0.4 is 4.74 Å². The van der Waals surface area contributed by atoms with Crippen molar-refractivity contribution in [2.24, 2.45) is 0 Å². The quantitative estimate of drug-likeness (QED) is 0.570. The Kier molecular flexibility index (Phi) is 5.35. The van der Waals surface area contributed by atoms with Gasteiger partial charge in [0, 0.05) is 5.75 Å². The third kappa shape index (κ3) is 4.09. The van der Waals surface area contributed by atoms with Crippen LogP contribution in [0.1, 0.15) is 11.1 Å². The molecule has 0 heterocycles. The van der Waals surface area contributed by atoms with Crippen molar-refractivity contribution in [3.05, 3.63) is 83.9 Å². The van der Waals surface area contributed by atoms with Crippen molar-refractivity contribution >= 4 is 10.0 Å². The van der Waals surface area contributed by atoms with E-state index in [1.807, 2.05) is 24.3 Å². The first-order chi connectivity index (χ1) is 12.5. The molecule has 0 fully saturated rings. The van der Waals surface area contributed by atoms with E-state index in [4.69, 9.17) is 10.00 Å². The third-order valence-corrected chi connectivity index (χ3v) is 7.13. The second-order valence-electron chi connectivity index (χ2n) is 6.74. The molecular formula is C23H23NOS. The second kappa shape index (κ2) is 7.68. The van der Waals surface area contributed by atoms with E-state index in [0.29, 0.717) is 5.56 Å². The van der Waals surface area contributed by atoms with Gasteiger partial charge < -0.3 is 4.74 Å². The molecule has 0 aliphatic heterocycles. The minimum Gasteiger partial charge on any atom is -0.497 e. The second-order valence-corrected chi connectivity index (χ2v) is 10.6. The molecular weight excluding hydrogens is 338 g/mol.